The van der Waals surface area contributed by atoms with E-state index in [1.165, 1.54) is 4.90 Å². The molecule has 214 valence electrons. The Kier molecular flexibility index (Phi) is 7.21. The van der Waals surface area contributed by atoms with Crippen LogP contribution in [0.3, 0.4) is 0 Å². The molecule has 10 nitrogen and oxygen atoms in total. The van der Waals surface area contributed by atoms with Crippen LogP contribution in [0.4, 0.5) is 25.1 Å². The van der Waals surface area contributed by atoms with E-state index in [-0.39, 0.29) is 38.5 Å². The van der Waals surface area contributed by atoms with E-state index < -0.39 is 24.1 Å². The number of amides is 1. The number of nitriles is 1. The molecule has 3 aliphatic rings. The molecule has 3 aromatic rings. The van der Waals surface area contributed by atoms with Gasteiger partial charge in [0.25, 0.3) is 5.92 Å². The molecule has 0 radical (unpaired) electrons. The summed E-state index contributed by atoms with van der Waals surface area (Å²) < 4.78 is 33.4. The summed E-state index contributed by atoms with van der Waals surface area (Å²) in [6.45, 7) is 1.81. The standard InChI is InChI=1S/C29H31F2N7O3/c30-29(31)14-20(33-18-29)17-41-27-34-24-16-36(25-7-3-5-19-4-1-2-6-22(19)25)11-9-23(24)26(35-27)37-12-13-38(28(39)40)21(15-37)8-10-32/h1-7,20-21,33H,8-9,11-18H2,(H,39,40)/t20-,21-/m0/s1. The van der Waals surface area contributed by atoms with Gasteiger partial charge in [0.1, 0.15) is 12.4 Å². The number of piperazine rings is 1. The van der Waals surface area contributed by atoms with Gasteiger partial charge in [-0.25, -0.2) is 13.6 Å². The smallest absolute Gasteiger partial charge is 0.407 e. The molecule has 0 spiro atoms. The molecule has 0 bridgehead atoms. The van der Waals surface area contributed by atoms with E-state index in [0.29, 0.717) is 31.9 Å². The first kappa shape index (κ1) is 27.0. The van der Waals surface area contributed by atoms with Gasteiger partial charge in [0.05, 0.1) is 37.3 Å². The fourth-order valence-electron chi connectivity index (χ4n) is 6.08. The highest BCUT2D eigenvalue weighted by Crippen LogP contribution is 2.35. The molecule has 0 saturated carbocycles. The van der Waals surface area contributed by atoms with Crippen molar-refractivity contribution in [1.29, 1.82) is 5.26 Å². The summed E-state index contributed by atoms with van der Waals surface area (Å²) in [7, 11) is 0. The van der Waals surface area contributed by atoms with Gasteiger partial charge in [-0.05, 0) is 17.9 Å². The van der Waals surface area contributed by atoms with E-state index in [1.807, 2.05) is 23.1 Å². The second-order valence-electron chi connectivity index (χ2n) is 10.8. The van der Waals surface area contributed by atoms with Crippen LogP contribution < -0.4 is 19.9 Å². The molecule has 4 heterocycles. The number of benzene rings is 2. The van der Waals surface area contributed by atoms with Gasteiger partial charge in [0.15, 0.2) is 0 Å². The number of halogens is 2. The second kappa shape index (κ2) is 11.0. The Balaban J connectivity index is 1.32. The van der Waals surface area contributed by atoms with Gasteiger partial charge in [0.2, 0.25) is 0 Å². The van der Waals surface area contributed by atoms with E-state index in [0.717, 1.165) is 34.3 Å². The minimum Gasteiger partial charge on any atom is -0.465 e. The molecule has 2 N–H and O–H groups in total. The topological polar surface area (TPSA) is 118 Å². The molecule has 0 aliphatic carbocycles. The van der Waals surface area contributed by atoms with E-state index >= 15 is 0 Å². The first-order valence-electron chi connectivity index (χ1n) is 13.8. The summed E-state index contributed by atoms with van der Waals surface area (Å²) in [5.74, 6) is -2.12. The molecule has 0 unspecified atom stereocenters. The van der Waals surface area contributed by atoms with Gasteiger partial charge >= 0.3 is 12.1 Å². The van der Waals surface area contributed by atoms with Crippen molar-refractivity contribution in [2.24, 2.45) is 0 Å². The van der Waals surface area contributed by atoms with Crippen LogP contribution in [-0.4, -0.2) is 83.4 Å². The predicted octanol–water partition coefficient (Wildman–Crippen LogP) is 3.65. The number of hydrogen-bond donors (Lipinski definition) is 2. The van der Waals surface area contributed by atoms with E-state index in [9.17, 15) is 23.9 Å². The number of carboxylic acid groups (broad SMARTS) is 1. The fourth-order valence-corrected chi connectivity index (χ4v) is 6.08. The zero-order valence-electron chi connectivity index (χ0n) is 22.5. The summed E-state index contributed by atoms with van der Waals surface area (Å²) in [6, 6.07) is 15.6. The molecule has 2 aromatic carbocycles. The lowest BCUT2D eigenvalue weighted by atomic mass is 10.0. The molecule has 41 heavy (non-hydrogen) atoms. The van der Waals surface area contributed by atoms with E-state index in [4.69, 9.17) is 14.7 Å². The molecular formula is C29H31F2N7O3. The highest BCUT2D eigenvalue weighted by Gasteiger charge is 2.40. The zero-order valence-corrected chi connectivity index (χ0v) is 22.5. The number of carbonyl (C=O) groups is 1. The summed E-state index contributed by atoms with van der Waals surface area (Å²) in [5, 5.41) is 24.1. The maximum Gasteiger partial charge on any atom is 0.407 e. The van der Waals surface area contributed by atoms with Crippen LogP contribution in [0.2, 0.25) is 0 Å². The van der Waals surface area contributed by atoms with Crippen LogP contribution in [0.25, 0.3) is 10.8 Å². The Morgan fingerprint density at radius 1 is 1.15 bits per heavy atom. The van der Waals surface area contributed by atoms with Gasteiger partial charge in [-0.15, -0.1) is 0 Å². The quantitative estimate of drug-likeness (QED) is 0.463. The number of nitrogens with zero attached hydrogens (tertiary/aromatic N) is 6. The third-order valence-corrected chi connectivity index (χ3v) is 8.09. The number of nitrogens with one attached hydrogen (secondary N) is 1. The minimum absolute atomic E-state index is 0.00467. The maximum absolute atomic E-state index is 13.7. The van der Waals surface area contributed by atoms with Crippen molar-refractivity contribution >= 4 is 28.4 Å². The van der Waals surface area contributed by atoms with Crippen LogP contribution in [0.1, 0.15) is 24.1 Å². The highest BCUT2D eigenvalue weighted by molar-refractivity contribution is 5.94. The third kappa shape index (κ3) is 5.54. The Morgan fingerprint density at radius 2 is 1.98 bits per heavy atom. The SMILES string of the molecule is N#CC[C@H]1CN(c2nc(OC[C@@H]3CC(F)(F)CN3)nc3c2CCN(c2cccc4ccccc24)C3)CCN1C(=O)O. The normalized spacial score (nSPS) is 21.9. The van der Waals surface area contributed by atoms with Crippen LogP contribution in [0, 0.1) is 11.3 Å². The lowest BCUT2D eigenvalue weighted by Crippen LogP contribution is -2.55. The highest BCUT2D eigenvalue weighted by atomic mass is 19.3. The maximum atomic E-state index is 13.7. The van der Waals surface area contributed by atoms with Crippen molar-refractivity contribution in [1.82, 2.24) is 20.2 Å². The molecule has 2 atom stereocenters. The first-order valence-corrected chi connectivity index (χ1v) is 13.8. The fraction of sp³-hybridized carbons (Fsp3) is 0.448. The van der Waals surface area contributed by atoms with Gasteiger partial charge in [-0.2, -0.15) is 15.2 Å². The van der Waals surface area contributed by atoms with E-state index in [2.05, 4.69) is 40.6 Å². The number of hydrogen-bond acceptors (Lipinski definition) is 8. The van der Waals surface area contributed by atoms with Crippen molar-refractivity contribution in [3.63, 3.8) is 0 Å². The Bertz CT molecular complexity index is 1490. The molecule has 3 aliphatic heterocycles. The number of alkyl halides is 2. The molecule has 6 rings (SSSR count). The first-order chi connectivity index (χ1) is 19.8. The number of aromatic nitrogens is 2. The Hall–Kier alpha value is -4.24. The minimum atomic E-state index is -2.77. The summed E-state index contributed by atoms with van der Waals surface area (Å²) in [4.78, 5) is 26.8. The largest absolute Gasteiger partial charge is 0.465 e. The predicted molar refractivity (Wildman–Crippen MR) is 149 cm³/mol. The van der Waals surface area contributed by atoms with Crippen molar-refractivity contribution < 1.29 is 23.4 Å². The molecule has 12 heteroatoms. The van der Waals surface area contributed by atoms with Crippen LogP contribution in [0.5, 0.6) is 6.01 Å². The number of anilines is 2. The number of fused-ring (bicyclic) bond motifs is 2. The monoisotopic (exact) mass is 563 g/mol. The van der Waals surface area contributed by atoms with Crippen molar-refractivity contribution in [2.75, 3.05) is 49.1 Å². The van der Waals surface area contributed by atoms with Gasteiger partial charge in [-0.1, -0.05) is 36.4 Å². The average Bonchev–Trinajstić information content (AvgIpc) is 3.33. The van der Waals surface area contributed by atoms with Gasteiger partial charge < -0.3 is 29.9 Å². The summed E-state index contributed by atoms with van der Waals surface area (Å²) in [5.41, 5.74) is 2.84. The van der Waals surface area contributed by atoms with Crippen LogP contribution in [0.15, 0.2) is 42.5 Å². The molecule has 1 aromatic heterocycles. The van der Waals surface area contributed by atoms with Crippen molar-refractivity contribution in [2.45, 2.75) is 43.8 Å². The summed E-state index contributed by atoms with van der Waals surface area (Å²) in [6.07, 6.45) is -0.639. The van der Waals surface area contributed by atoms with Crippen molar-refractivity contribution in [3.05, 3.63) is 53.7 Å². The average molecular weight is 564 g/mol. The van der Waals surface area contributed by atoms with Gasteiger partial charge in [0, 0.05) is 55.3 Å². The molecule has 2 saturated heterocycles. The number of ether oxygens (including phenoxy) is 1. The lowest BCUT2D eigenvalue weighted by molar-refractivity contribution is 0.0194. The van der Waals surface area contributed by atoms with Crippen LogP contribution in [-0.2, 0) is 13.0 Å². The van der Waals surface area contributed by atoms with E-state index in [1.54, 1.807) is 0 Å². The Morgan fingerprint density at radius 3 is 2.76 bits per heavy atom. The Labute approximate surface area is 236 Å². The summed E-state index contributed by atoms with van der Waals surface area (Å²) >= 11 is 0. The zero-order chi connectivity index (χ0) is 28.6. The van der Waals surface area contributed by atoms with Crippen molar-refractivity contribution in [3.8, 4) is 12.1 Å². The second-order valence-corrected chi connectivity index (χ2v) is 10.8. The van der Waals surface area contributed by atoms with Crippen LogP contribution >= 0.6 is 0 Å². The third-order valence-electron chi connectivity index (χ3n) is 8.09. The lowest BCUT2D eigenvalue weighted by Gasteiger charge is -2.41. The molecule has 2 fully saturated rings. The molecule has 1 amide bonds. The number of rotatable bonds is 6. The van der Waals surface area contributed by atoms with Gasteiger partial charge in [-0.3, -0.25) is 0 Å². The molecular weight excluding hydrogens is 532 g/mol.